The summed E-state index contributed by atoms with van der Waals surface area (Å²) in [7, 11) is 2.33. The fourth-order valence-corrected chi connectivity index (χ4v) is 3.81. The molecule has 24 heavy (non-hydrogen) atoms. The molecule has 0 aliphatic heterocycles. The van der Waals surface area contributed by atoms with Crippen molar-refractivity contribution in [2.75, 3.05) is 13.2 Å². The van der Waals surface area contributed by atoms with Crippen LogP contribution in [0.3, 0.4) is 0 Å². The second-order valence-corrected chi connectivity index (χ2v) is 10.1. The highest BCUT2D eigenvalue weighted by atomic mass is 35.7. The van der Waals surface area contributed by atoms with E-state index in [2.05, 4.69) is 0 Å². The average Bonchev–Trinajstić information content (AvgIpc) is 2.45. The maximum atomic E-state index is 11.7. The first-order chi connectivity index (χ1) is 11.1. The summed E-state index contributed by atoms with van der Waals surface area (Å²) in [4.78, 5) is -0.912. The minimum atomic E-state index is -4.23. The third kappa shape index (κ3) is 6.31. The summed E-state index contributed by atoms with van der Waals surface area (Å²) in [6.45, 7) is 4.42. The smallest absolute Gasteiger partial charge is 0.265 e. The quantitative estimate of drug-likeness (QED) is 0.422. The lowest BCUT2D eigenvalue weighted by Crippen LogP contribution is -2.07. The first-order valence-corrected chi connectivity index (χ1v) is 12.1. The topological polar surface area (TPSA) is 86.7 Å². The van der Waals surface area contributed by atoms with Crippen LogP contribution in [0, 0.1) is 0 Å². The molecule has 0 spiro atoms. The first kappa shape index (κ1) is 21.3. The fourth-order valence-electron chi connectivity index (χ4n) is 1.78. The van der Waals surface area contributed by atoms with Gasteiger partial charge in [-0.2, -0.15) is 0 Å². The molecule has 1 aromatic rings. The molecule has 6 nitrogen and oxygen atoms in total. The van der Waals surface area contributed by atoms with Crippen LogP contribution in [-0.4, -0.2) is 30.0 Å². The average molecular weight is 419 g/mol. The Bertz CT molecular complexity index is 698. The van der Waals surface area contributed by atoms with Crippen LogP contribution >= 0.6 is 21.4 Å². The number of rotatable bonds is 10. The van der Waals surface area contributed by atoms with E-state index in [1.54, 1.807) is 0 Å². The minimum Gasteiger partial charge on any atom is -0.492 e. The van der Waals surface area contributed by atoms with Crippen molar-refractivity contribution in [2.45, 2.75) is 49.3 Å². The molecule has 0 bridgehead atoms. The van der Waals surface area contributed by atoms with Crippen LogP contribution in [0.2, 0.25) is 0 Å². The lowest BCUT2D eigenvalue weighted by atomic mass is 10.3. The molecule has 0 saturated carbocycles. The number of benzene rings is 1. The van der Waals surface area contributed by atoms with Gasteiger partial charge in [0.05, 0.1) is 13.2 Å². The van der Waals surface area contributed by atoms with Crippen LogP contribution < -0.4 is 9.47 Å². The molecule has 0 aliphatic carbocycles. The summed E-state index contributed by atoms with van der Waals surface area (Å²) >= 11 is 0. The van der Waals surface area contributed by atoms with Crippen molar-refractivity contribution in [1.82, 2.24) is 0 Å². The summed E-state index contributed by atoms with van der Waals surface area (Å²) in [5, 5.41) is 0. The third-order valence-electron chi connectivity index (χ3n) is 3.05. The molecule has 0 atom stereocenters. The van der Waals surface area contributed by atoms with E-state index in [4.69, 9.17) is 30.8 Å². The second kappa shape index (κ2) is 9.12. The van der Waals surface area contributed by atoms with Crippen molar-refractivity contribution in [3.05, 3.63) is 12.1 Å². The van der Waals surface area contributed by atoms with Gasteiger partial charge in [-0.05, 0) is 18.9 Å². The number of hydrogen-bond acceptors (Lipinski definition) is 6. The summed E-state index contributed by atoms with van der Waals surface area (Å²) < 4.78 is 57.9. The molecule has 0 unspecified atom stereocenters. The predicted octanol–water partition coefficient (Wildman–Crippen LogP) is 3.90. The molecule has 0 heterocycles. The van der Waals surface area contributed by atoms with E-state index >= 15 is 0 Å². The molecule has 1 rings (SSSR count). The van der Waals surface area contributed by atoms with Gasteiger partial charge in [0.15, 0.2) is 0 Å². The van der Waals surface area contributed by atoms with E-state index in [0.717, 1.165) is 18.9 Å². The minimum absolute atomic E-state index is 0.0611. The van der Waals surface area contributed by atoms with Crippen LogP contribution in [-0.2, 0) is 18.1 Å². The Balaban J connectivity index is 3.42. The highest BCUT2D eigenvalue weighted by Crippen LogP contribution is 2.38. The molecule has 0 aromatic heterocycles. The SMILES string of the molecule is CCCCOc1cc(OCCCC)c(S(=O)(=O)Cl)cc1S(=O)(=O)Cl. The van der Waals surface area contributed by atoms with E-state index in [1.165, 1.54) is 6.07 Å². The second-order valence-electron chi connectivity index (χ2n) is 5.03. The number of ether oxygens (including phenoxy) is 2. The van der Waals surface area contributed by atoms with E-state index in [1.807, 2.05) is 13.8 Å². The maximum Gasteiger partial charge on any atom is 0.265 e. The van der Waals surface area contributed by atoms with Gasteiger partial charge in [-0.15, -0.1) is 0 Å². The zero-order chi connectivity index (χ0) is 18.4. The third-order valence-corrected chi connectivity index (χ3v) is 5.73. The summed E-state index contributed by atoms with van der Waals surface area (Å²) in [6, 6.07) is 2.07. The molecule has 0 saturated heterocycles. The van der Waals surface area contributed by atoms with Crippen LogP contribution in [0.4, 0.5) is 0 Å². The predicted molar refractivity (Wildman–Crippen MR) is 93.3 cm³/mol. The Kier molecular flexibility index (Phi) is 8.11. The fraction of sp³-hybridized carbons (Fsp3) is 0.571. The van der Waals surface area contributed by atoms with Gasteiger partial charge in [-0.3, -0.25) is 0 Å². The van der Waals surface area contributed by atoms with Gasteiger partial charge in [0.2, 0.25) is 0 Å². The lowest BCUT2D eigenvalue weighted by molar-refractivity contribution is 0.284. The largest absolute Gasteiger partial charge is 0.492 e. The Morgan fingerprint density at radius 2 is 1.17 bits per heavy atom. The zero-order valence-corrected chi connectivity index (χ0v) is 16.6. The Labute approximate surface area is 151 Å². The van der Waals surface area contributed by atoms with Crippen LogP contribution in [0.15, 0.2) is 21.9 Å². The van der Waals surface area contributed by atoms with Gasteiger partial charge in [0, 0.05) is 27.4 Å². The van der Waals surface area contributed by atoms with Gasteiger partial charge >= 0.3 is 0 Å². The van der Waals surface area contributed by atoms with Crippen molar-refractivity contribution in [3.8, 4) is 11.5 Å². The highest BCUT2D eigenvalue weighted by molar-refractivity contribution is 8.14. The van der Waals surface area contributed by atoms with E-state index in [9.17, 15) is 16.8 Å². The van der Waals surface area contributed by atoms with E-state index in [0.29, 0.717) is 12.8 Å². The maximum absolute atomic E-state index is 11.7. The van der Waals surface area contributed by atoms with Gasteiger partial charge in [0.1, 0.15) is 21.3 Å². The molecule has 10 heteroatoms. The van der Waals surface area contributed by atoms with Gasteiger partial charge in [0.25, 0.3) is 18.1 Å². The standard InChI is InChI=1S/C14H20Cl2O6S2/c1-3-5-7-21-11-9-12(22-8-6-4-2)14(24(16,19)20)10-13(11)23(15,17)18/h9-10H,3-8H2,1-2H3. The molecular weight excluding hydrogens is 399 g/mol. The lowest BCUT2D eigenvalue weighted by Gasteiger charge is -2.15. The Hall–Kier alpha value is -0.700. The number of hydrogen-bond donors (Lipinski definition) is 0. The van der Waals surface area contributed by atoms with Gasteiger partial charge in [-0.25, -0.2) is 16.8 Å². The Morgan fingerprint density at radius 1 is 0.792 bits per heavy atom. The van der Waals surface area contributed by atoms with Crippen LogP contribution in [0.5, 0.6) is 11.5 Å². The molecule has 0 aliphatic rings. The monoisotopic (exact) mass is 418 g/mol. The number of halogens is 2. The summed E-state index contributed by atoms with van der Waals surface area (Å²) in [5.74, 6) is -0.122. The summed E-state index contributed by atoms with van der Waals surface area (Å²) in [6.07, 6.45) is 3.08. The number of unbranched alkanes of at least 4 members (excludes halogenated alkanes) is 2. The van der Waals surface area contributed by atoms with Crippen molar-refractivity contribution >= 4 is 39.5 Å². The van der Waals surface area contributed by atoms with Gasteiger partial charge < -0.3 is 9.47 Å². The highest BCUT2D eigenvalue weighted by Gasteiger charge is 2.26. The zero-order valence-electron chi connectivity index (χ0n) is 13.4. The molecule has 0 N–H and O–H groups in total. The van der Waals surface area contributed by atoms with Crippen molar-refractivity contribution in [1.29, 1.82) is 0 Å². The van der Waals surface area contributed by atoms with Crippen LogP contribution in [0.25, 0.3) is 0 Å². The van der Waals surface area contributed by atoms with Crippen LogP contribution in [0.1, 0.15) is 39.5 Å². The molecule has 138 valence electrons. The van der Waals surface area contributed by atoms with Crippen molar-refractivity contribution in [2.24, 2.45) is 0 Å². The molecular formula is C14H20Cl2O6S2. The molecule has 1 aromatic carbocycles. The Morgan fingerprint density at radius 3 is 1.46 bits per heavy atom. The van der Waals surface area contributed by atoms with Crippen molar-refractivity contribution < 1.29 is 26.3 Å². The normalized spacial score (nSPS) is 12.2. The molecule has 0 radical (unpaired) electrons. The molecule has 0 amide bonds. The van der Waals surface area contributed by atoms with E-state index in [-0.39, 0.29) is 24.7 Å². The van der Waals surface area contributed by atoms with E-state index < -0.39 is 27.9 Å². The van der Waals surface area contributed by atoms with Crippen molar-refractivity contribution in [3.63, 3.8) is 0 Å². The first-order valence-electron chi connectivity index (χ1n) is 7.44. The van der Waals surface area contributed by atoms with Gasteiger partial charge in [-0.1, -0.05) is 26.7 Å². The molecule has 0 fully saturated rings. The summed E-state index contributed by atoms with van der Waals surface area (Å²) in [5.41, 5.74) is 0.